The monoisotopic (exact) mass is 325 g/mol. The van der Waals surface area contributed by atoms with Gasteiger partial charge in [0.05, 0.1) is 6.20 Å². The molecular weight excluding hydrogens is 310 g/mol. The number of rotatable bonds is 5. The maximum atomic E-state index is 6.14. The highest BCUT2D eigenvalue weighted by molar-refractivity contribution is 9.10. The summed E-state index contributed by atoms with van der Waals surface area (Å²) in [7, 11) is 1.92. The summed E-state index contributed by atoms with van der Waals surface area (Å²) in [5, 5.41) is 4.15. The predicted molar refractivity (Wildman–Crippen MR) is 79.8 cm³/mol. The molecule has 3 nitrogen and oxygen atoms in total. The lowest BCUT2D eigenvalue weighted by Crippen LogP contribution is -2.25. The van der Waals surface area contributed by atoms with Crippen molar-refractivity contribution in [1.29, 1.82) is 0 Å². The van der Waals surface area contributed by atoms with Gasteiger partial charge in [0.2, 0.25) is 0 Å². The van der Waals surface area contributed by atoms with E-state index in [2.05, 4.69) is 33.2 Å². The van der Waals surface area contributed by atoms with Gasteiger partial charge in [-0.25, -0.2) is 0 Å². The zero-order valence-corrected chi connectivity index (χ0v) is 12.6. The molecular formula is C13H16BrN3S. The summed E-state index contributed by atoms with van der Waals surface area (Å²) < 4.78 is 2.94. The van der Waals surface area contributed by atoms with Crippen LogP contribution in [0.25, 0.3) is 0 Å². The number of nitrogens with zero attached hydrogens (tertiary/aromatic N) is 2. The second-order valence-corrected chi connectivity index (χ2v) is 6.14. The van der Waals surface area contributed by atoms with E-state index in [1.165, 1.54) is 10.5 Å². The lowest BCUT2D eigenvalue weighted by atomic mass is 10.1. The first-order valence-electron chi connectivity index (χ1n) is 5.75. The number of hydrogen-bond donors (Lipinski definition) is 1. The summed E-state index contributed by atoms with van der Waals surface area (Å²) in [4.78, 5) is 1.24. The van der Waals surface area contributed by atoms with Gasteiger partial charge in [-0.05, 0) is 40.0 Å². The van der Waals surface area contributed by atoms with Crippen molar-refractivity contribution in [3.05, 3.63) is 46.7 Å². The van der Waals surface area contributed by atoms with E-state index in [0.29, 0.717) is 0 Å². The molecule has 0 radical (unpaired) electrons. The average Bonchev–Trinajstić information content (AvgIpc) is 2.74. The van der Waals surface area contributed by atoms with Gasteiger partial charge in [-0.3, -0.25) is 4.68 Å². The van der Waals surface area contributed by atoms with Gasteiger partial charge >= 0.3 is 0 Å². The minimum absolute atomic E-state index is 0.145. The van der Waals surface area contributed by atoms with Crippen LogP contribution in [0.2, 0.25) is 0 Å². The Kier molecular flexibility index (Phi) is 4.86. The summed E-state index contributed by atoms with van der Waals surface area (Å²) >= 11 is 5.32. The molecule has 1 unspecified atom stereocenters. The van der Waals surface area contributed by atoms with E-state index in [9.17, 15) is 0 Å². The zero-order chi connectivity index (χ0) is 13.0. The van der Waals surface area contributed by atoms with Gasteiger partial charge in [-0.15, -0.1) is 11.8 Å². The number of aryl methyl sites for hydroxylation is 1. The van der Waals surface area contributed by atoms with Crippen molar-refractivity contribution < 1.29 is 0 Å². The zero-order valence-electron chi connectivity index (χ0n) is 10.2. The van der Waals surface area contributed by atoms with E-state index in [4.69, 9.17) is 5.73 Å². The second-order valence-electron chi connectivity index (χ2n) is 4.23. The third kappa shape index (κ3) is 3.86. The smallest absolute Gasteiger partial charge is 0.0522 e. The summed E-state index contributed by atoms with van der Waals surface area (Å²) in [5.74, 6) is 0.900. The van der Waals surface area contributed by atoms with Crippen molar-refractivity contribution in [2.45, 2.75) is 17.4 Å². The molecule has 5 heteroatoms. The summed E-state index contributed by atoms with van der Waals surface area (Å²) in [6.45, 7) is 0. The summed E-state index contributed by atoms with van der Waals surface area (Å²) in [5.41, 5.74) is 7.33. The molecule has 0 saturated heterocycles. The molecule has 1 aromatic heterocycles. The fourth-order valence-electron chi connectivity index (χ4n) is 1.70. The van der Waals surface area contributed by atoms with E-state index in [0.717, 1.165) is 16.6 Å². The first-order chi connectivity index (χ1) is 8.65. The van der Waals surface area contributed by atoms with Gasteiger partial charge < -0.3 is 5.73 Å². The molecule has 0 aliphatic carbocycles. The van der Waals surface area contributed by atoms with Crippen LogP contribution in [0, 0.1) is 0 Å². The Bertz CT molecular complexity index is 512. The highest BCUT2D eigenvalue weighted by atomic mass is 79.9. The van der Waals surface area contributed by atoms with E-state index >= 15 is 0 Å². The standard InChI is InChI=1S/C13H16BrN3S/c1-17-8-10(7-16-17)6-11(15)9-18-13-5-3-2-4-12(13)14/h2-5,7-8,11H,6,9,15H2,1H3. The van der Waals surface area contributed by atoms with Crippen LogP contribution in [-0.4, -0.2) is 21.6 Å². The number of thioether (sulfide) groups is 1. The average molecular weight is 326 g/mol. The molecule has 0 bridgehead atoms. The van der Waals surface area contributed by atoms with Crippen LogP contribution in [0.5, 0.6) is 0 Å². The molecule has 2 aromatic rings. The minimum atomic E-state index is 0.145. The van der Waals surface area contributed by atoms with Crippen molar-refractivity contribution in [3.8, 4) is 0 Å². The van der Waals surface area contributed by atoms with E-state index in [1.54, 1.807) is 11.8 Å². The number of hydrogen-bond acceptors (Lipinski definition) is 3. The van der Waals surface area contributed by atoms with Crippen molar-refractivity contribution in [3.63, 3.8) is 0 Å². The number of aromatic nitrogens is 2. The van der Waals surface area contributed by atoms with Crippen LogP contribution in [-0.2, 0) is 13.5 Å². The Hall–Kier alpha value is -0.780. The molecule has 96 valence electrons. The molecule has 0 aliphatic heterocycles. The summed E-state index contributed by atoms with van der Waals surface area (Å²) in [6.07, 6.45) is 4.76. The van der Waals surface area contributed by atoms with Gasteiger partial charge in [-0.1, -0.05) is 12.1 Å². The lowest BCUT2D eigenvalue weighted by Gasteiger charge is -2.10. The maximum Gasteiger partial charge on any atom is 0.0522 e. The Morgan fingerprint density at radius 3 is 2.89 bits per heavy atom. The highest BCUT2D eigenvalue weighted by Crippen LogP contribution is 2.27. The Balaban J connectivity index is 1.85. The van der Waals surface area contributed by atoms with Crippen molar-refractivity contribution in [1.82, 2.24) is 9.78 Å². The van der Waals surface area contributed by atoms with Gasteiger partial charge in [0, 0.05) is 34.4 Å². The minimum Gasteiger partial charge on any atom is -0.327 e. The van der Waals surface area contributed by atoms with E-state index in [-0.39, 0.29) is 6.04 Å². The Labute approximate surface area is 120 Å². The first kappa shape index (κ1) is 13.6. The molecule has 1 atom stereocenters. The first-order valence-corrected chi connectivity index (χ1v) is 7.53. The van der Waals surface area contributed by atoms with Gasteiger partial charge in [0.1, 0.15) is 0 Å². The normalized spacial score (nSPS) is 12.6. The third-order valence-electron chi connectivity index (χ3n) is 2.55. The van der Waals surface area contributed by atoms with Crippen LogP contribution in [0.15, 0.2) is 46.0 Å². The van der Waals surface area contributed by atoms with Gasteiger partial charge in [-0.2, -0.15) is 5.10 Å². The molecule has 18 heavy (non-hydrogen) atoms. The molecule has 0 aliphatic rings. The van der Waals surface area contributed by atoms with E-state index in [1.807, 2.05) is 36.3 Å². The van der Waals surface area contributed by atoms with Crippen molar-refractivity contribution in [2.24, 2.45) is 12.8 Å². The van der Waals surface area contributed by atoms with Crippen LogP contribution in [0.3, 0.4) is 0 Å². The number of benzene rings is 1. The van der Waals surface area contributed by atoms with Crippen LogP contribution < -0.4 is 5.73 Å². The maximum absolute atomic E-state index is 6.14. The SMILES string of the molecule is Cn1cc(CC(N)CSc2ccccc2Br)cn1. The Morgan fingerprint density at radius 1 is 1.44 bits per heavy atom. The molecule has 0 spiro atoms. The quantitative estimate of drug-likeness (QED) is 0.860. The van der Waals surface area contributed by atoms with Gasteiger partial charge in [0.15, 0.2) is 0 Å². The topological polar surface area (TPSA) is 43.8 Å². The molecule has 1 aromatic carbocycles. The van der Waals surface area contributed by atoms with Crippen LogP contribution in [0.4, 0.5) is 0 Å². The molecule has 0 saturated carbocycles. The number of nitrogens with two attached hydrogens (primary N) is 1. The van der Waals surface area contributed by atoms with Crippen molar-refractivity contribution >= 4 is 27.7 Å². The third-order valence-corrected chi connectivity index (χ3v) is 4.76. The second kappa shape index (κ2) is 6.41. The summed E-state index contributed by atoms with van der Waals surface area (Å²) in [6, 6.07) is 8.36. The largest absolute Gasteiger partial charge is 0.327 e. The van der Waals surface area contributed by atoms with Gasteiger partial charge in [0.25, 0.3) is 0 Å². The van der Waals surface area contributed by atoms with E-state index < -0.39 is 0 Å². The number of halogens is 1. The van der Waals surface area contributed by atoms with Crippen LogP contribution >= 0.6 is 27.7 Å². The Morgan fingerprint density at radius 2 is 2.22 bits per heavy atom. The molecule has 2 rings (SSSR count). The molecule has 0 fully saturated rings. The molecule has 0 amide bonds. The predicted octanol–water partition coefficient (Wildman–Crippen LogP) is 2.84. The fraction of sp³-hybridized carbons (Fsp3) is 0.308. The fourth-order valence-corrected chi connectivity index (χ4v) is 3.22. The lowest BCUT2D eigenvalue weighted by molar-refractivity contribution is 0.743. The highest BCUT2D eigenvalue weighted by Gasteiger charge is 2.07. The van der Waals surface area contributed by atoms with Crippen molar-refractivity contribution in [2.75, 3.05) is 5.75 Å². The molecule has 1 heterocycles. The van der Waals surface area contributed by atoms with Crippen LogP contribution in [0.1, 0.15) is 5.56 Å². The molecule has 2 N–H and O–H groups in total.